The van der Waals surface area contributed by atoms with Crippen molar-refractivity contribution in [2.24, 2.45) is 0 Å². The molecule has 0 nitrogen and oxygen atoms in total. The van der Waals surface area contributed by atoms with E-state index < -0.39 is 15.8 Å². The fourth-order valence-electron chi connectivity index (χ4n) is 7.09. The van der Waals surface area contributed by atoms with Crippen molar-refractivity contribution in [3.8, 4) is 0 Å². The zero-order chi connectivity index (χ0) is 36.4. The smallest absolute Gasteiger partial charge is 0.000641 e. The van der Waals surface area contributed by atoms with E-state index in [0.29, 0.717) is 0 Å². The van der Waals surface area contributed by atoms with Crippen LogP contribution in [0.4, 0.5) is 0 Å². The van der Waals surface area contributed by atoms with Gasteiger partial charge in [0.1, 0.15) is 0 Å². The molecule has 8 aromatic rings. The average molecular weight is 727 g/mol. The maximum atomic E-state index is 2.31. The molecule has 2 heteroatoms. The quantitative estimate of drug-likeness (QED) is 0.0707. The predicted molar refractivity (Wildman–Crippen MR) is 238 cm³/mol. The van der Waals surface area contributed by atoms with Gasteiger partial charge in [0.05, 0.1) is 0 Å². The third kappa shape index (κ3) is 7.74. The highest BCUT2D eigenvalue weighted by molar-refractivity contribution is 7.83. The Morgan fingerprint density at radius 3 is 0.611 bits per heavy atom. The van der Waals surface area contributed by atoms with Crippen molar-refractivity contribution >= 4 is 58.8 Å². The molecule has 0 atom stereocenters. The van der Waals surface area contributed by atoms with Crippen molar-refractivity contribution in [2.75, 3.05) is 0 Å². The van der Waals surface area contributed by atoms with Crippen molar-refractivity contribution < 1.29 is 0 Å². The van der Waals surface area contributed by atoms with E-state index in [-0.39, 0.29) is 0 Å². The highest BCUT2D eigenvalue weighted by Crippen LogP contribution is 2.60. The molecule has 0 saturated heterocycles. The lowest BCUT2D eigenvalue weighted by atomic mass is 9.89. The molecule has 0 fully saturated rings. The van der Waals surface area contributed by atoms with Crippen LogP contribution in [0.3, 0.4) is 0 Å². The van der Waals surface area contributed by atoms with Crippen molar-refractivity contribution in [1.82, 2.24) is 0 Å². The van der Waals surface area contributed by atoms with E-state index >= 15 is 0 Å². The van der Waals surface area contributed by atoms with Crippen LogP contribution in [-0.2, 0) is 0 Å². The minimum Gasteiger partial charge on any atom is -0.0622 e. The average Bonchev–Trinajstić information content (AvgIpc) is 3.27. The molecule has 0 spiro atoms. The molecule has 0 aliphatic rings. The maximum absolute atomic E-state index is 2.31. The molecular formula is C52H40P2. The van der Waals surface area contributed by atoms with E-state index in [4.69, 9.17) is 0 Å². The van der Waals surface area contributed by atoms with Crippen LogP contribution < -0.4 is 21.2 Å². The van der Waals surface area contributed by atoms with E-state index in [2.05, 4.69) is 243 Å². The summed E-state index contributed by atoms with van der Waals surface area (Å²) in [5.41, 5.74) is 7.34. The van der Waals surface area contributed by atoms with E-state index in [9.17, 15) is 0 Å². The summed E-state index contributed by atoms with van der Waals surface area (Å²) >= 11 is 0. The second-order valence-electron chi connectivity index (χ2n) is 12.9. The molecular weight excluding hydrogens is 687 g/mol. The van der Waals surface area contributed by atoms with Crippen molar-refractivity contribution in [1.29, 1.82) is 0 Å². The number of hydrogen-bond acceptors (Lipinski definition) is 0. The first-order chi connectivity index (χ1) is 26.9. The largest absolute Gasteiger partial charge is 0.0622 e. The van der Waals surface area contributed by atoms with Gasteiger partial charge >= 0.3 is 0 Å². The summed E-state index contributed by atoms with van der Waals surface area (Å²) in [5, 5.41) is 7.91. The van der Waals surface area contributed by atoms with E-state index in [1.54, 1.807) is 0 Å². The zero-order valence-corrected chi connectivity index (χ0v) is 31.8. The fraction of sp³-hybridized carbons (Fsp3) is 0. The molecule has 0 amide bonds. The molecule has 0 unspecified atom stereocenters. The van der Waals surface area contributed by atoms with Gasteiger partial charge in [-0.3, -0.25) is 0 Å². The van der Waals surface area contributed by atoms with Crippen LogP contribution >= 0.6 is 15.8 Å². The minimum absolute atomic E-state index is 1.05. The molecule has 0 saturated carbocycles. The summed E-state index contributed by atoms with van der Waals surface area (Å²) in [7, 11) is -2.09. The van der Waals surface area contributed by atoms with Crippen LogP contribution in [0.2, 0.25) is 0 Å². The van der Waals surface area contributed by atoms with Gasteiger partial charge in [0, 0.05) is 10.6 Å². The summed E-state index contributed by atoms with van der Waals surface area (Å²) in [6.07, 6.45) is 0. The molecule has 0 aliphatic heterocycles. The summed E-state index contributed by atoms with van der Waals surface area (Å²) in [4.78, 5) is 0. The Kier molecular flexibility index (Phi) is 11.2. The van der Waals surface area contributed by atoms with Crippen LogP contribution in [-0.4, -0.2) is 0 Å². The zero-order valence-electron chi connectivity index (χ0n) is 30.0. The topological polar surface area (TPSA) is 0 Å². The molecule has 0 bridgehead atoms. The molecule has 0 heterocycles. The number of allylic oxidation sites excluding steroid dienone is 2. The number of benzene rings is 8. The second-order valence-corrected chi connectivity index (χ2v) is 17.2. The van der Waals surface area contributed by atoms with Crippen LogP contribution in [0.25, 0.3) is 21.8 Å². The molecule has 0 radical (unpaired) electrons. The summed E-state index contributed by atoms with van der Waals surface area (Å²) in [5.74, 6) is 0. The second kappa shape index (κ2) is 17.3. The van der Waals surface area contributed by atoms with Gasteiger partial charge in [0.15, 0.2) is 0 Å². The molecule has 0 aliphatic carbocycles. The summed E-state index contributed by atoms with van der Waals surface area (Å²) in [6, 6.07) is 89.0. The van der Waals surface area contributed by atoms with E-state index in [0.717, 1.165) is 0 Å². The van der Waals surface area contributed by atoms with Gasteiger partial charge < -0.3 is 0 Å². The van der Waals surface area contributed by atoms with Crippen LogP contribution in [0, 0.1) is 0 Å². The first-order valence-electron chi connectivity index (χ1n) is 18.4. The first kappa shape index (κ1) is 35.1. The third-order valence-corrected chi connectivity index (χ3v) is 14.6. The lowest BCUT2D eigenvalue weighted by Gasteiger charge is -2.32. The summed E-state index contributed by atoms with van der Waals surface area (Å²) in [6.45, 7) is 0. The highest BCUT2D eigenvalue weighted by atomic mass is 31.1. The molecule has 0 aromatic heterocycles. The van der Waals surface area contributed by atoms with Gasteiger partial charge in [-0.05, 0) is 70.5 Å². The lowest BCUT2D eigenvalue weighted by Crippen LogP contribution is -2.16. The highest BCUT2D eigenvalue weighted by Gasteiger charge is 2.32. The third-order valence-electron chi connectivity index (χ3n) is 9.45. The number of hydrogen-bond donors (Lipinski definition) is 0. The van der Waals surface area contributed by atoms with Gasteiger partial charge in [-0.1, -0.05) is 243 Å². The molecule has 8 aromatic carbocycles. The van der Waals surface area contributed by atoms with Crippen LogP contribution in [0.15, 0.2) is 243 Å². The Labute approximate surface area is 322 Å². The standard InChI is InChI=1S/C52H40P2/c1-9-25-41(26-10-1)49(51(43-29-13-3-14-30-43)53(45-33-17-5-18-34-45)46-35-19-6-20-36-46)50(42-27-11-2-12-28-42)52(44-31-15-4-16-32-44)54(47-37-21-7-22-38-47)48-39-23-8-24-40-48/h1-40H. The SMILES string of the molecule is c1ccc(C(C(=C(c2ccccc2)P(c2ccccc2)c2ccccc2)c2ccccc2)=C(c2ccccc2)P(c2ccccc2)c2ccccc2)cc1. The number of rotatable bonds is 11. The van der Waals surface area contributed by atoms with Crippen LogP contribution in [0.1, 0.15) is 22.3 Å². The van der Waals surface area contributed by atoms with Gasteiger partial charge in [0.25, 0.3) is 0 Å². The van der Waals surface area contributed by atoms with E-state index in [1.807, 2.05) is 0 Å². The molecule has 54 heavy (non-hydrogen) atoms. The van der Waals surface area contributed by atoms with Crippen molar-refractivity contribution in [3.63, 3.8) is 0 Å². The van der Waals surface area contributed by atoms with E-state index in [1.165, 1.54) is 65.2 Å². The Hall–Kier alpha value is -5.90. The predicted octanol–water partition coefficient (Wildman–Crippen LogP) is 12.4. The molecule has 258 valence electrons. The maximum Gasteiger partial charge on any atom is 0.000641 e. The Morgan fingerprint density at radius 1 is 0.204 bits per heavy atom. The Balaban J connectivity index is 1.64. The lowest BCUT2D eigenvalue weighted by molar-refractivity contribution is 1.57. The Bertz CT molecular complexity index is 2170. The first-order valence-corrected chi connectivity index (χ1v) is 21.1. The monoisotopic (exact) mass is 726 g/mol. The fourth-order valence-corrected chi connectivity index (χ4v) is 12.3. The van der Waals surface area contributed by atoms with Gasteiger partial charge in [-0.2, -0.15) is 0 Å². The molecule has 8 rings (SSSR count). The van der Waals surface area contributed by atoms with Gasteiger partial charge in [0.2, 0.25) is 0 Å². The van der Waals surface area contributed by atoms with Gasteiger partial charge in [-0.15, -0.1) is 0 Å². The van der Waals surface area contributed by atoms with Gasteiger partial charge in [-0.25, -0.2) is 0 Å². The van der Waals surface area contributed by atoms with Crippen LogP contribution in [0.5, 0.6) is 0 Å². The Morgan fingerprint density at radius 2 is 0.389 bits per heavy atom. The normalized spacial score (nSPS) is 12.3. The minimum atomic E-state index is -1.05. The van der Waals surface area contributed by atoms with Crippen molar-refractivity contribution in [3.05, 3.63) is 265 Å². The molecule has 0 N–H and O–H groups in total. The summed E-state index contributed by atoms with van der Waals surface area (Å²) < 4.78 is 0. The van der Waals surface area contributed by atoms with Crippen molar-refractivity contribution in [2.45, 2.75) is 0 Å².